The minimum atomic E-state index is -2.47. The molecule has 0 radical (unpaired) electrons. The molecule has 4 nitrogen and oxygen atoms in total. The third-order valence-corrected chi connectivity index (χ3v) is 6.20. The van der Waals surface area contributed by atoms with Crippen molar-refractivity contribution in [3.8, 4) is 11.4 Å². The molecule has 1 aliphatic carbocycles. The first-order valence-electron chi connectivity index (χ1n) is 8.91. The Balaban J connectivity index is 1.56. The maximum absolute atomic E-state index is 12.7. The number of halogens is 2. The summed E-state index contributed by atoms with van der Waals surface area (Å²) in [6, 6.07) is 15.5. The van der Waals surface area contributed by atoms with Crippen molar-refractivity contribution in [2.24, 2.45) is 0 Å². The number of nitrogens with zero attached hydrogens (tertiary/aromatic N) is 3. The second-order valence-electron chi connectivity index (χ2n) is 6.44. The fourth-order valence-electron chi connectivity index (χ4n) is 2.94. The van der Waals surface area contributed by atoms with Gasteiger partial charge in [-0.3, -0.25) is 4.57 Å². The quantitative estimate of drug-likeness (QED) is 0.434. The Bertz CT molecular complexity index is 946. The van der Waals surface area contributed by atoms with E-state index < -0.39 is 5.76 Å². The Kier molecular flexibility index (Phi) is 5.87. The lowest BCUT2D eigenvalue weighted by molar-refractivity contribution is 0.251. The summed E-state index contributed by atoms with van der Waals surface area (Å²) in [5.74, 6) is 0.125. The minimum absolute atomic E-state index is 0.440. The molecule has 1 fully saturated rings. The first kappa shape index (κ1) is 19.3. The first-order valence-corrected chi connectivity index (χ1v) is 10.8. The third-order valence-electron chi connectivity index (χ3n) is 4.43. The zero-order valence-electron chi connectivity index (χ0n) is 15.2. The van der Waals surface area contributed by atoms with E-state index in [4.69, 9.17) is 4.74 Å². The molecule has 1 aromatic heterocycles. The van der Waals surface area contributed by atoms with E-state index in [0.29, 0.717) is 34.1 Å². The predicted molar refractivity (Wildman–Crippen MR) is 108 cm³/mol. The first-order chi connectivity index (χ1) is 13.7. The van der Waals surface area contributed by atoms with E-state index in [0.717, 1.165) is 35.1 Å². The fourth-order valence-corrected chi connectivity index (χ4v) is 4.44. The number of thioether (sulfide) groups is 2. The van der Waals surface area contributed by atoms with Crippen molar-refractivity contribution in [3.05, 3.63) is 59.9 Å². The van der Waals surface area contributed by atoms with Crippen LogP contribution < -0.4 is 4.74 Å². The average molecular weight is 420 g/mol. The van der Waals surface area contributed by atoms with Crippen LogP contribution in [0.5, 0.6) is 5.75 Å². The summed E-state index contributed by atoms with van der Waals surface area (Å²) in [6.07, 6.45) is 2.30. The van der Waals surface area contributed by atoms with Crippen LogP contribution >= 0.6 is 23.5 Å². The number of benzene rings is 2. The van der Waals surface area contributed by atoms with Gasteiger partial charge in [0, 0.05) is 17.4 Å². The van der Waals surface area contributed by atoms with Gasteiger partial charge in [0.25, 0.3) is 5.76 Å². The summed E-state index contributed by atoms with van der Waals surface area (Å²) in [4.78, 5) is 0.440. The smallest absolute Gasteiger partial charge is 0.289 e. The highest BCUT2D eigenvalue weighted by Crippen LogP contribution is 2.41. The van der Waals surface area contributed by atoms with Crippen molar-refractivity contribution in [2.75, 3.05) is 7.11 Å². The third kappa shape index (κ3) is 4.33. The van der Waals surface area contributed by atoms with Crippen molar-refractivity contribution >= 4 is 23.5 Å². The second-order valence-corrected chi connectivity index (χ2v) is 8.41. The molecular weight excluding hydrogens is 400 g/mol. The van der Waals surface area contributed by atoms with Crippen LogP contribution in [-0.2, 0) is 5.75 Å². The van der Waals surface area contributed by atoms with Gasteiger partial charge in [0.05, 0.1) is 12.0 Å². The van der Waals surface area contributed by atoms with Gasteiger partial charge in [-0.1, -0.05) is 47.8 Å². The van der Waals surface area contributed by atoms with Crippen molar-refractivity contribution in [1.29, 1.82) is 0 Å². The summed E-state index contributed by atoms with van der Waals surface area (Å²) in [7, 11) is 1.50. The molecule has 28 heavy (non-hydrogen) atoms. The Hall–Kier alpha value is -2.06. The molecule has 0 atom stereocenters. The lowest BCUT2D eigenvalue weighted by atomic mass is 10.2. The van der Waals surface area contributed by atoms with Gasteiger partial charge in [-0.15, -0.1) is 10.2 Å². The Morgan fingerprint density at radius 2 is 1.93 bits per heavy atom. The highest BCUT2D eigenvalue weighted by molar-refractivity contribution is 7.99. The molecule has 0 aliphatic heterocycles. The number of rotatable bonds is 8. The van der Waals surface area contributed by atoms with Crippen molar-refractivity contribution in [3.63, 3.8) is 0 Å². The normalized spacial score (nSPS) is 13.9. The van der Waals surface area contributed by atoms with Gasteiger partial charge in [0.15, 0.2) is 5.16 Å². The summed E-state index contributed by atoms with van der Waals surface area (Å²) >= 11 is 2.07. The maximum Gasteiger partial charge on any atom is 0.289 e. The van der Waals surface area contributed by atoms with E-state index >= 15 is 0 Å². The molecule has 3 aromatic rings. The lowest BCUT2D eigenvalue weighted by Gasteiger charge is -2.11. The van der Waals surface area contributed by atoms with Gasteiger partial charge in [-0.25, -0.2) is 0 Å². The molecule has 8 heteroatoms. The zero-order chi connectivity index (χ0) is 19.5. The van der Waals surface area contributed by atoms with Gasteiger partial charge in [-0.05, 0) is 42.7 Å². The number of aromatic nitrogens is 3. The van der Waals surface area contributed by atoms with Crippen LogP contribution in [0, 0.1) is 0 Å². The SMILES string of the molecule is COc1cc(CSc2nnc(C3CC3)n2-c2ccccc2)ccc1SC(F)F. The van der Waals surface area contributed by atoms with Gasteiger partial charge in [-0.2, -0.15) is 8.78 Å². The molecule has 1 saturated carbocycles. The standard InChI is InChI=1S/C20H19F2N3OS2/c1-26-16-11-13(7-10-17(16)28-19(21)22)12-27-20-24-23-18(14-8-9-14)25(20)15-5-3-2-4-6-15/h2-7,10-11,14,19H,8-9,12H2,1H3. The molecule has 0 unspecified atom stereocenters. The van der Waals surface area contributed by atoms with E-state index in [9.17, 15) is 8.78 Å². The van der Waals surface area contributed by atoms with E-state index in [1.54, 1.807) is 17.8 Å². The second kappa shape index (κ2) is 8.53. The van der Waals surface area contributed by atoms with Crippen LogP contribution in [-0.4, -0.2) is 27.6 Å². The largest absolute Gasteiger partial charge is 0.496 e. The molecule has 1 aliphatic rings. The Labute approximate surface area is 170 Å². The predicted octanol–water partition coefficient (Wildman–Crippen LogP) is 5.76. The van der Waals surface area contributed by atoms with Gasteiger partial charge in [0.2, 0.25) is 0 Å². The molecule has 0 saturated heterocycles. The molecule has 0 N–H and O–H groups in total. The number of hydrogen-bond donors (Lipinski definition) is 0. The van der Waals surface area contributed by atoms with Crippen molar-refractivity contribution in [1.82, 2.24) is 14.8 Å². The van der Waals surface area contributed by atoms with Crippen LogP contribution in [0.2, 0.25) is 0 Å². The van der Waals surface area contributed by atoms with E-state index in [1.807, 2.05) is 30.3 Å². The van der Waals surface area contributed by atoms with Gasteiger partial charge >= 0.3 is 0 Å². The molecule has 0 bridgehead atoms. The molecule has 146 valence electrons. The van der Waals surface area contributed by atoms with Crippen LogP contribution in [0.15, 0.2) is 58.6 Å². The minimum Gasteiger partial charge on any atom is -0.496 e. The van der Waals surface area contributed by atoms with Crippen LogP contribution in [0.1, 0.15) is 30.1 Å². The molecule has 0 spiro atoms. The molecule has 2 aromatic carbocycles. The van der Waals surface area contributed by atoms with E-state index in [1.165, 1.54) is 7.11 Å². The van der Waals surface area contributed by atoms with Gasteiger partial charge in [0.1, 0.15) is 11.6 Å². The lowest BCUT2D eigenvalue weighted by Crippen LogP contribution is -2.01. The molecule has 4 rings (SSSR count). The van der Waals surface area contributed by atoms with Crippen molar-refractivity contribution in [2.45, 2.75) is 40.3 Å². The summed E-state index contributed by atoms with van der Waals surface area (Å²) in [5.41, 5.74) is 2.04. The monoisotopic (exact) mass is 419 g/mol. The average Bonchev–Trinajstić information content (AvgIpc) is 3.46. The van der Waals surface area contributed by atoms with E-state index in [-0.39, 0.29) is 0 Å². The van der Waals surface area contributed by atoms with Gasteiger partial charge < -0.3 is 4.74 Å². The number of alkyl halides is 2. The van der Waals surface area contributed by atoms with Crippen molar-refractivity contribution < 1.29 is 13.5 Å². The van der Waals surface area contributed by atoms with Crippen LogP contribution in [0.4, 0.5) is 8.78 Å². The Morgan fingerprint density at radius 3 is 2.61 bits per heavy atom. The maximum atomic E-state index is 12.7. The van der Waals surface area contributed by atoms with Crippen LogP contribution in [0.3, 0.4) is 0 Å². The summed E-state index contributed by atoms with van der Waals surface area (Å²) in [6.45, 7) is 0. The molecular formula is C20H19F2N3OS2. The summed E-state index contributed by atoms with van der Waals surface area (Å²) in [5, 5.41) is 9.67. The fraction of sp³-hybridized carbons (Fsp3) is 0.300. The number of ether oxygens (including phenoxy) is 1. The topological polar surface area (TPSA) is 39.9 Å². The molecule has 1 heterocycles. The highest BCUT2D eigenvalue weighted by atomic mass is 32.2. The Morgan fingerprint density at radius 1 is 1.14 bits per heavy atom. The summed E-state index contributed by atoms with van der Waals surface area (Å²) < 4.78 is 32.7. The highest BCUT2D eigenvalue weighted by Gasteiger charge is 2.31. The van der Waals surface area contributed by atoms with Crippen LogP contribution in [0.25, 0.3) is 5.69 Å². The number of para-hydroxylation sites is 1. The zero-order valence-corrected chi connectivity index (χ0v) is 16.9. The number of methoxy groups -OCH3 is 1. The number of hydrogen-bond acceptors (Lipinski definition) is 5. The molecule has 0 amide bonds. The van der Waals surface area contributed by atoms with E-state index in [2.05, 4.69) is 26.9 Å².